The van der Waals surface area contributed by atoms with Gasteiger partial charge in [-0.05, 0) is 54.1 Å². The number of fused-ring (bicyclic) bond motifs is 2. The summed E-state index contributed by atoms with van der Waals surface area (Å²) >= 11 is 0. The Hall–Kier alpha value is -4.06. The van der Waals surface area contributed by atoms with Gasteiger partial charge in [0.1, 0.15) is 5.69 Å². The highest BCUT2D eigenvalue weighted by molar-refractivity contribution is 5.94. The van der Waals surface area contributed by atoms with E-state index < -0.39 is 0 Å². The van der Waals surface area contributed by atoms with Crippen molar-refractivity contribution in [1.29, 1.82) is 0 Å². The van der Waals surface area contributed by atoms with Crippen molar-refractivity contribution in [2.24, 2.45) is 7.05 Å². The number of carbonyl (C=O) groups is 1. The molecule has 5 aromatic rings. The number of likely N-dealkylation sites (tertiary alicyclic amines) is 1. The number of benzene rings is 2. The fraction of sp³-hybridized carbons (Fsp3) is 0.185. The molecule has 4 heterocycles. The number of rotatable bonds is 2. The van der Waals surface area contributed by atoms with E-state index in [9.17, 15) is 4.79 Å². The predicted molar refractivity (Wildman–Crippen MR) is 131 cm³/mol. The standard InChI is InChI=1S/C17H13N3.C10H12N2O/c1-20-10-7-12-5-6-13(11-16(12)20)14-3-2-4-15-17(14)19-9-8-18-15;13-10(12-7-3-4-8-12)9-5-1-2-6-11-9/h2-11H,1H3;1-2,5-6H,3-4,7-8H2. The lowest BCUT2D eigenvalue weighted by Crippen LogP contribution is -2.28. The molecular weight excluding hydrogens is 410 g/mol. The van der Waals surface area contributed by atoms with Crippen LogP contribution in [0.4, 0.5) is 0 Å². The number of amides is 1. The van der Waals surface area contributed by atoms with Crippen molar-refractivity contribution in [2.45, 2.75) is 12.8 Å². The number of aryl methyl sites for hydroxylation is 1. The van der Waals surface area contributed by atoms with Crippen LogP contribution in [0.3, 0.4) is 0 Å². The molecular formula is C27H25N5O. The van der Waals surface area contributed by atoms with Gasteiger partial charge in [-0.25, -0.2) is 0 Å². The molecule has 0 saturated carbocycles. The lowest BCUT2D eigenvalue weighted by Gasteiger charge is -2.13. The number of nitrogens with zero attached hydrogens (tertiary/aromatic N) is 5. The van der Waals surface area contributed by atoms with E-state index in [2.05, 4.69) is 63.1 Å². The number of hydrogen-bond acceptors (Lipinski definition) is 4. The van der Waals surface area contributed by atoms with Gasteiger partial charge in [-0.15, -0.1) is 0 Å². The van der Waals surface area contributed by atoms with Gasteiger partial charge in [-0.2, -0.15) is 0 Å². The third-order valence-electron chi connectivity index (χ3n) is 5.98. The quantitative estimate of drug-likeness (QED) is 0.387. The Labute approximate surface area is 192 Å². The number of para-hydroxylation sites is 1. The third kappa shape index (κ3) is 4.32. The van der Waals surface area contributed by atoms with Gasteiger partial charge in [-0.1, -0.05) is 30.3 Å². The maximum atomic E-state index is 11.7. The zero-order valence-electron chi connectivity index (χ0n) is 18.6. The Kier molecular flexibility index (Phi) is 5.81. The molecule has 6 nitrogen and oxygen atoms in total. The fourth-order valence-electron chi connectivity index (χ4n) is 4.23. The average Bonchev–Trinajstić information content (AvgIpc) is 3.54. The summed E-state index contributed by atoms with van der Waals surface area (Å²) in [6.45, 7) is 1.77. The van der Waals surface area contributed by atoms with Crippen LogP contribution in [-0.2, 0) is 7.05 Å². The molecule has 0 bridgehead atoms. The summed E-state index contributed by atoms with van der Waals surface area (Å²) in [6.07, 6.45) is 9.46. The van der Waals surface area contributed by atoms with Crippen LogP contribution >= 0.6 is 0 Å². The van der Waals surface area contributed by atoms with Gasteiger partial charge >= 0.3 is 0 Å². The van der Waals surface area contributed by atoms with E-state index in [0.717, 1.165) is 42.5 Å². The Balaban J connectivity index is 0.000000152. The van der Waals surface area contributed by atoms with Crippen LogP contribution in [0.5, 0.6) is 0 Å². The minimum atomic E-state index is 0.0677. The highest BCUT2D eigenvalue weighted by atomic mass is 16.2. The highest BCUT2D eigenvalue weighted by Crippen LogP contribution is 2.29. The second-order valence-electron chi connectivity index (χ2n) is 8.14. The van der Waals surface area contributed by atoms with Crippen LogP contribution < -0.4 is 0 Å². The molecule has 0 aliphatic carbocycles. The first-order valence-electron chi connectivity index (χ1n) is 11.2. The normalized spacial score (nSPS) is 13.2. The molecule has 0 radical (unpaired) electrons. The summed E-state index contributed by atoms with van der Waals surface area (Å²) in [5, 5.41) is 1.25. The molecule has 0 unspecified atom stereocenters. The summed E-state index contributed by atoms with van der Waals surface area (Å²) in [6, 6.07) is 20.2. The van der Waals surface area contributed by atoms with Crippen LogP contribution in [0.15, 0.2) is 85.5 Å². The van der Waals surface area contributed by atoms with E-state index in [1.54, 1.807) is 24.7 Å². The SMILES string of the molecule is Cn1ccc2ccc(-c3cccc4nccnc34)cc21.O=C(c1ccccn1)N1CCCC1. The first-order valence-corrected chi connectivity index (χ1v) is 11.2. The second kappa shape index (κ2) is 9.20. The summed E-state index contributed by atoms with van der Waals surface area (Å²) in [7, 11) is 2.06. The van der Waals surface area contributed by atoms with E-state index in [1.165, 1.54) is 16.5 Å². The smallest absolute Gasteiger partial charge is 0.272 e. The first kappa shape index (κ1) is 20.8. The molecule has 1 saturated heterocycles. The largest absolute Gasteiger partial charge is 0.351 e. The van der Waals surface area contributed by atoms with Crippen LogP contribution in [0.1, 0.15) is 23.3 Å². The fourth-order valence-corrected chi connectivity index (χ4v) is 4.23. The lowest BCUT2D eigenvalue weighted by molar-refractivity contribution is 0.0787. The van der Waals surface area contributed by atoms with Crippen LogP contribution in [0.25, 0.3) is 33.1 Å². The molecule has 1 aliphatic rings. The van der Waals surface area contributed by atoms with Gasteiger partial charge in [0, 0.05) is 56.0 Å². The molecule has 1 amide bonds. The summed E-state index contributed by atoms with van der Waals surface area (Å²) in [5.74, 6) is 0.0677. The maximum Gasteiger partial charge on any atom is 0.272 e. The monoisotopic (exact) mass is 435 g/mol. The van der Waals surface area contributed by atoms with Crippen molar-refractivity contribution < 1.29 is 4.79 Å². The molecule has 6 rings (SSSR count). The maximum absolute atomic E-state index is 11.7. The van der Waals surface area contributed by atoms with Crippen LogP contribution in [-0.4, -0.2) is 43.4 Å². The van der Waals surface area contributed by atoms with E-state index in [1.807, 2.05) is 29.2 Å². The molecule has 0 spiro atoms. The van der Waals surface area contributed by atoms with Crippen molar-refractivity contribution in [1.82, 2.24) is 24.4 Å². The summed E-state index contributed by atoms with van der Waals surface area (Å²) < 4.78 is 2.13. The third-order valence-corrected chi connectivity index (χ3v) is 5.98. The molecule has 1 aliphatic heterocycles. The number of aromatic nitrogens is 4. The molecule has 1 fully saturated rings. The Morgan fingerprint density at radius 2 is 1.70 bits per heavy atom. The van der Waals surface area contributed by atoms with Crippen molar-refractivity contribution in [2.75, 3.05) is 13.1 Å². The van der Waals surface area contributed by atoms with Gasteiger partial charge in [-0.3, -0.25) is 19.7 Å². The van der Waals surface area contributed by atoms with Crippen molar-refractivity contribution >= 4 is 27.8 Å². The summed E-state index contributed by atoms with van der Waals surface area (Å²) in [4.78, 5) is 26.5. The van der Waals surface area contributed by atoms with Crippen molar-refractivity contribution in [3.63, 3.8) is 0 Å². The molecule has 6 heteroatoms. The molecule has 0 atom stereocenters. The van der Waals surface area contributed by atoms with E-state index >= 15 is 0 Å². The highest BCUT2D eigenvalue weighted by Gasteiger charge is 2.19. The molecule has 33 heavy (non-hydrogen) atoms. The van der Waals surface area contributed by atoms with Crippen molar-refractivity contribution in [3.05, 3.63) is 91.1 Å². The Bertz CT molecular complexity index is 1400. The lowest BCUT2D eigenvalue weighted by atomic mass is 10.0. The molecule has 3 aromatic heterocycles. The number of hydrogen-bond donors (Lipinski definition) is 0. The Morgan fingerprint density at radius 1 is 0.848 bits per heavy atom. The number of pyridine rings is 1. The second-order valence-corrected chi connectivity index (χ2v) is 8.14. The van der Waals surface area contributed by atoms with Crippen molar-refractivity contribution in [3.8, 4) is 11.1 Å². The van der Waals surface area contributed by atoms with Crippen LogP contribution in [0, 0.1) is 0 Å². The van der Waals surface area contributed by atoms with Crippen LogP contribution in [0.2, 0.25) is 0 Å². The van der Waals surface area contributed by atoms with Gasteiger partial charge in [0.2, 0.25) is 0 Å². The van der Waals surface area contributed by atoms with E-state index in [-0.39, 0.29) is 5.91 Å². The minimum Gasteiger partial charge on any atom is -0.351 e. The van der Waals surface area contributed by atoms with E-state index in [4.69, 9.17) is 0 Å². The molecule has 164 valence electrons. The van der Waals surface area contributed by atoms with E-state index in [0.29, 0.717) is 5.69 Å². The van der Waals surface area contributed by atoms with Gasteiger partial charge in [0.05, 0.1) is 11.0 Å². The van der Waals surface area contributed by atoms with Gasteiger partial charge in [0.15, 0.2) is 0 Å². The molecule has 0 N–H and O–H groups in total. The summed E-state index contributed by atoms with van der Waals surface area (Å²) in [5.41, 5.74) is 5.96. The Morgan fingerprint density at radius 3 is 2.52 bits per heavy atom. The molecule has 2 aromatic carbocycles. The van der Waals surface area contributed by atoms with Gasteiger partial charge in [0.25, 0.3) is 5.91 Å². The zero-order chi connectivity index (χ0) is 22.6. The van der Waals surface area contributed by atoms with Gasteiger partial charge < -0.3 is 9.47 Å². The number of carbonyl (C=O) groups excluding carboxylic acids is 1. The minimum absolute atomic E-state index is 0.0677. The average molecular weight is 436 g/mol. The first-order chi connectivity index (χ1) is 16.2. The zero-order valence-corrected chi connectivity index (χ0v) is 18.6. The predicted octanol–water partition coefficient (Wildman–Crippen LogP) is 5.11. The topological polar surface area (TPSA) is 63.9 Å².